The van der Waals surface area contributed by atoms with Crippen LogP contribution in [0.15, 0.2) is 73.1 Å². The molecule has 1 N–H and O–H groups in total. The molecule has 0 radical (unpaired) electrons. The monoisotopic (exact) mass is 610 g/mol. The maximum absolute atomic E-state index is 13.3. The summed E-state index contributed by atoms with van der Waals surface area (Å²) in [7, 11) is 1.35. The van der Waals surface area contributed by atoms with E-state index in [0.717, 1.165) is 58.6 Å². The summed E-state index contributed by atoms with van der Waals surface area (Å²) >= 11 is 0. The second-order valence-electron chi connectivity index (χ2n) is 10.8. The SMILES string of the molecule is COC(=O)NCc1cccc(Cn2cc(-c3cccc4c3CCCN4C(=O)CCCOc3cccc(C)c3C)cn2)c1.O=C=O. The predicted molar refractivity (Wildman–Crippen MR) is 169 cm³/mol. The number of anilines is 1. The van der Waals surface area contributed by atoms with E-state index in [0.29, 0.717) is 32.5 Å². The largest absolute Gasteiger partial charge is 0.493 e. The lowest BCUT2D eigenvalue weighted by atomic mass is 9.93. The van der Waals surface area contributed by atoms with E-state index >= 15 is 0 Å². The van der Waals surface area contributed by atoms with Gasteiger partial charge in [0.1, 0.15) is 5.75 Å². The Balaban J connectivity index is 0.00000148. The van der Waals surface area contributed by atoms with Crippen molar-refractivity contribution < 1.29 is 28.7 Å². The number of carbonyl (C=O) groups is 2. The molecule has 1 aliphatic heterocycles. The number of fused-ring (bicyclic) bond motifs is 1. The van der Waals surface area contributed by atoms with Crippen LogP contribution in [0.4, 0.5) is 10.5 Å². The first-order valence-corrected chi connectivity index (χ1v) is 14.9. The lowest BCUT2D eigenvalue weighted by molar-refractivity contribution is -0.191. The van der Waals surface area contributed by atoms with E-state index < -0.39 is 6.09 Å². The van der Waals surface area contributed by atoms with Crippen LogP contribution < -0.4 is 15.0 Å². The molecule has 10 nitrogen and oxygen atoms in total. The molecule has 1 aliphatic rings. The number of aryl methyl sites for hydroxylation is 1. The fraction of sp³-hybridized carbons (Fsp3) is 0.314. The van der Waals surface area contributed by atoms with E-state index in [1.54, 1.807) is 0 Å². The molecule has 2 heterocycles. The molecule has 234 valence electrons. The van der Waals surface area contributed by atoms with E-state index in [4.69, 9.17) is 14.3 Å². The molecule has 0 saturated heterocycles. The molecule has 0 spiro atoms. The number of alkyl carbamates (subject to hydrolysis) is 1. The van der Waals surface area contributed by atoms with Crippen LogP contribution in [-0.2, 0) is 38.6 Å². The zero-order valence-corrected chi connectivity index (χ0v) is 25.9. The quantitative estimate of drug-likeness (QED) is 0.231. The third-order valence-corrected chi connectivity index (χ3v) is 7.80. The van der Waals surface area contributed by atoms with Gasteiger partial charge in [0.05, 0.1) is 26.5 Å². The highest BCUT2D eigenvalue weighted by Crippen LogP contribution is 2.36. The summed E-state index contributed by atoms with van der Waals surface area (Å²) in [6.45, 7) is 6.39. The Bertz CT molecular complexity index is 1660. The third-order valence-electron chi connectivity index (χ3n) is 7.80. The molecule has 0 saturated carbocycles. The van der Waals surface area contributed by atoms with Gasteiger partial charge in [-0.2, -0.15) is 14.7 Å². The van der Waals surface area contributed by atoms with Crippen LogP contribution in [0.3, 0.4) is 0 Å². The maximum Gasteiger partial charge on any atom is 0.407 e. The zero-order valence-electron chi connectivity index (χ0n) is 25.9. The number of nitrogens with one attached hydrogen (secondary N) is 1. The molecule has 10 heteroatoms. The molecule has 0 bridgehead atoms. The van der Waals surface area contributed by atoms with Crippen molar-refractivity contribution in [1.29, 1.82) is 0 Å². The van der Waals surface area contributed by atoms with Gasteiger partial charge in [-0.15, -0.1) is 0 Å². The number of aromatic nitrogens is 2. The summed E-state index contributed by atoms with van der Waals surface area (Å²) in [5.74, 6) is 1.02. The van der Waals surface area contributed by atoms with Crippen LogP contribution in [0.5, 0.6) is 5.75 Å². The van der Waals surface area contributed by atoms with Crippen molar-refractivity contribution in [2.75, 3.05) is 25.2 Å². The second-order valence-corrected chi connectivity index (χ2v) is 10.8. The molecule has 1 aromatic heterocycles. The first-order valence-electron chi connectivity index (χ1n) is 14.9. The van der Waals surface area contributed by atoms with E-state index in [1.807, 2.05) is 52.2 Å². The molecule has 0 atom stereocenters. The number of hydrogen-bond acceptors (Lipinski definition) is 7. The Morgan fingerprint density at radius 1 is 1.02 bits per heavy atom. The summed E-state index contributed by atoms with van der Waals surface area (Å²) < 4.78 is 12.6. The first kappa shape index (κ1) is 32.7. The molecule has 45 heavy (non-hydrogen) atoms. The van der Waals surface area contributed by atoms with Crippen LogP contribution in [0.1, 0.15) is 47.1 Å². The van der Waals surface area contributed by atoms with Crippen molar-refractivity contribution in [3.8, 4) is 16.9 Å². The highest BCUT2D eigenvalue weighted by molar-refractivity contribution is 5.96. The molecule has 5 rings (SSSR count). The van der Waals surface area contributed by atoms with Crippen molar-refractivity contribution in [2.24, 2.45) is 0 Å². The van der Waals surface area contributed by atoms with Gasteiger partial charge in [0.15, 0.2) is 0 Å². The number of methoxy groups -OCH3 is 1. The van der Waals surface area contributed by atoms with Crippen molar-refractivity contribution in [3.05, 3.63) is 101 Å². The maximum atomic E-state index is 13.3. The minimum atomic E-state index is -0.453. The Morgan fingerprint density at radius 2 is 1.78 bits per heavy atom. The topological polar surface area (TPSA) is 120 Å². The highest BCUT2D eigenvalue weighted by Gasteiger charge is 2.24. The zero-order chi connectivity index (χ0) is 32.2. The molecule has 4 aromatic rings. The number of amides is 2. The smallest absolute Gasteiger partial charge is 0.407 e. The molecular formula is C35H38N4O6. The van der Waals surface area contributed by atoms with Crippen LogP contribution in [0, 0.1) is 13.8 Å². The number of ether oxygens (including phenoxy) is 2. The van der Waals surface area contributed by atoms with Crippen LogP contribution in [0.2, 0.25) is 0 Å². The number of rotatable bonds is 10. The summed E-state index contributed by atoms with van der Waals surface area (Å²) in [6, 6.07) is 20.3. The fourth-order valence-corrected chi connectivity index (χ4v) is 5.44. The van der Waals surface area contributed by atoms with Gasteiger partial charge >= 0.3 is 12.2 Å². The number of carbonyl (C=O) groups excluding carboxylic acids is 4. The van der Waals surface area contributed by atoms with Gasteiger partial charge in [0.2, 0.25) is 5.91 Å². The lowest BCUT2D eigenvalue weighted by Gasteiger charge is -2.31. The van der Waals surface area contributed by atoms with Gasteiger partial charge in [0.25, 0.3) is 0 Å². The Kier molecular flexibility index (Phi) is 11.6. The second kappa shape index (κ2) is 16.0. The third kappa shape index (κ3) is 8.68. The fourth-order valence-electron chi connectivity index (χ4n) is 5.44. The highest BCUT2D eigenvalue weighted by atomic mass is 16.5. The summed E-state index contributed by atoms with van der Waals surface area (Å²) in [4.78, 5) is 42.9. The number of hydrogen-bond donors (Lipinski definition) is 1. The summed E-state index contributed by atoms with van der Waals surface area (Å²) in [5.41, 5.74) is 8.76. The lowest BCUT2D eigenvalue weighted by Crippen LogP contribution is -2.35. The number of benzene rings is 3. The van der Waals surface area contributed by atoms with Crippen LogP contribution >= 0.6 is 0 Å². The average Bonchev–Trinajstić information content (AvgIpc) is 3.51. The van der Waals surface area contributed by atoms with Crippen molar-refractivity contribution in [2.45, 2.75) is 52.6 Å². The van der Waals surface area contributed by atoms with Gasteiger partial charge < -0.3 is 19.7 Å². The normalized spacial score (nSPS) is 11.8. The average molecular weight is 611 g/mol. The molecule has 3 aromatic carbocycles. The Labute approximate surface area is 263 Å². The number of nitrogens with zero attached hydrogens (tertiary/aromatic N) is 3. The van der Waals surface area contributed by atoms with Gasteiger partial charge in [-0.05, 0) is 78.6 Å². The van der Waals surface area contributed by atoms with Gasteiger partial charge in [-0.3, -0.25) is 9.48 Å². The summed E-state index contributed by atoms with van der Waals surface area (Å²) in [6.07, 6.45) is 6.71. The van der Waals surface area contributed by atoms with Crippen molar-refractivity contribution >= 4 is 23.8 Å². The molecular weight excluding hydrogens is 572 g/mol. The Morgan fingerprint density at radius 3 is 2.58 bits per heavy atom. The van der Waals surface area contributed by atoms with Crippen LogP contribution in [-0.4, -0.2) is 48.2 Å². The minimum absolute atomic E-state index is 0.134. The van der Waals surface area contributed by atoms with Gasteiger partial charge in [-0.1, -0.05) is 48.5 Å². The summed E-state index contributed by atoms with van der Waals surface area (Å²) in [5, 5.41) is 7.34. The van der Waals surface area contributed by atoms with E-state index in [9.17, 15) is 9.59 Å². The molecule has 2 amide bonds. The van der Waals surface area contributed by atoms with Gasteiger partial charge in [-0.25, -0.2) is 4.79 Å². The van der Waals surface area contributed by atoms with Crippen LogP contribution in [0.25, 0.3) is 11.1 Å². The van der Waals surface area contributed by atoms with Gasteiger partial charge in [0, 0.05) is 37.0 Å². The molecule has 0 unspecified atom stereocenters. The van der Waals surface area contributed by atoms with Crippen molar-refractivity contribution in [1.82, 2.24) is 15.1 Å². The van der Waals surface area contributed by atoms with E-state index in [2.05, 4.69) is 59.5 Å². The minimum Gasteiger partial charge on any atom is -0.493 e. The van der Waals surface area contributed by atoms with E-state index in [1.165, 1.54) is 18.2 Å². The molecule has 0 fully saturated rings. The van der Waals surface area contributed by atoms with E-state index in [-0.39, 0.29) is 12.1 Å². The molecule has 0 aliphatic carbocycles. The standard InChI is InChI=1S/C34H38N4O4.CO2/c1-24-9-4-15-32(25(24)2)42-18-8-16-33(39)38-17-7-13-30-29(12-6-14-31(30)38)28-21-36-37(23-28)22-27-11-5-10-26(19-27)20-35-34(40)41-3;2-1-3/h4-6,9-12,14-15,19,21,23H,7-8,13,16-18,20,22H2,1-3H3,(H,35,40);. The first-order chi connectivity index (χ1) is 21.8. The predicted octanol–water partition coefficient (Wildman–Crippen LogP) is 5.63. The Hall–Kier alpha value is -5.21. The van der Waals surface area contributed by atoms with Crippen molar-refractivity contribution in [3.63, 3.8) is 0 Å².